The molecule has 0 spiro atoms. The highest BCUT2D eigenvalue weighted by molar-refractivity contribution is 7.13. The lowest BCUT2D eigenvalue weighted by atomic mass is 10.2. The van der Waals surface area contributed by atoms with Gasteiger partial charge in [0, 0.05) is 41.7 Å². The Bertz CT molecular complexity index is 1280. The van der Waals surface area contributed by atoms with E-state index in [9.17, 15) is 9.59 Å². The fourth-order valence-electron chi connectivity index (χ4n) is 3.62. The highest BCUT2D eigenvalue weighted by atomic mass is 32.1. The van der Waals surface area contributed by atoms with E-state index in [1.807, 2.05) is 53.9 Å². The summed E-state index contributed by atoms with van der Waals surface area (Å²) in [5.41, 5.74) is 2.39. The van der Waals surface area contributed by atoms with E-state index in [0.717, 1.165) is 29.1 Å². The van der Waals surface area contributed by atoms with Crippen LogP contribution in [0.1, 0.15) is 31.1 Å². The van der Waals surface area contributed by atoms with Gasteiger partial charge in [0.1, 0.15) is 10.8 Å². The first-order chi connectivity index (χ1) is 14.7. The summed E-state index contributed by atoms with van der Waals surface area (Å²) in [7, 11) is 0. The highest BCUT2D eigenvalue weighted by Gasteiger charge is 2.28. The molecule has 1 aliphatic carbocycles. The second-order valence-corrected chi connectivity index (χ2v) is 8.31. The van der Waals surface area contributed by atoms with Crippen molar-refractivity contribution in [1.82, 2.24) is 14.5 Å². The predicted molar refractivity (Wildman–Crippen MR) is 119 cm³/mol. The molecule has 2 heterocycles. The summed E-state index contributed by atoms with van der Waals surface area (Å²) in [5.74, 6) is 0.587. The minimum Gasteiger partial charge on any atom is -0.326 e. The summed E-state index contributed by atoms with van der Waals surface area (Å²) >= 11 is 1.56. The van der Waals surface area contributed by atoms with Crippen molar-refractivity contribution < 1.29 is 4.79 Å². The normalized spacial score (nSPS) is 13.5. The van der Waals surface area contributed by atoms with Gasteiger partial charge in [0.2, 0.25) is 5.91 Å². The van der Waals surface area contributed by atoms with Gasteiger partial charge in [0.15, 0.2) is 0 Å². The van der Waals surface area contributed by atoms with E-state index >= 15 is 0 Å². The molecule has 7 heteroatoms. The van der Waals surface area contributed by atoms with E-state index in [1.165, 1.54) is 0 Å². The molecule has 2 aromatic heterocycles. The Kier molecular flexibility index (Phi) is 4.88. The van der Waals surface area contributed by atoms with Crippen molar-refractivity contribution in [3.8, 4) is 10.6 Å². The van der Waals surface area contributed by atoms with Crippen LogP contribution in [0, 0.1) is 0 Å². The van der Waals surface area contributed by atoms with Crippen molar-refractivity contribution in [2.75, 3.05) is 5.32 Å². The maximum atomic E-state index is 12.9. The zero-order chi connectivity index (χ0) is 20.5. The van der Waals surface area contributed by atoms with Gasteiger partial charge in [-0.1, -0.05) is 24.3 Å². The Morgan fingerprint density at radius 1 is 1.17 bits per heavy atom. The second kappa shape index (κ2) is 7.84. The summed E-state index contributed by atoms with van der Waals surface area (Å²) in [4.78, 5) is 34.5. The predicted octanol–water partition coefficient (Wildman–Crippen LogP) is 4.43. The number of aryl methyl sites for hydroxylation is 1. The largest absolute Gasteiger partial charge is 0.326 e. The molecule has 6 nitrogen and oxygen atoms in total. The molecule has 5 rings (SSSR count). The molecule has 1 fully saturated rings. The van der Waals surface area contributed by atoms with Crippen LogP contribution in [0.2, 0.25) is 0 Å². The fourth-order valence-corrected chi connectivity index (χ4v) is 4.26. The number of nitrogens with one attached hydrogen (secondary N) is 1. The lowest BCUT2D eigenvalue weighted by Crippen LogP contribution is -2.25. The van der Waals surface area contributed by atoms with Gasteiger partial charge in [-0.3, -0.25) is 14.2 Å². The van der Waals surface area contributed by atoms with Gasteiger partial charge >= 0.3 is 0 Å². The van der Waals surface area contributed by atoms with Crippen LogP contribution in [-0.4, -0.2) is 20.4 Å². The number of amides is 1. The van der Waals surface area contributed by atoms with Gasteiger partial charge in [0.05, 0.1) is 10.9 Å². The molecule has 0 radical (unpaired) electrons. The molecule has 2 aromatic carbocycles. The average Bonchev–Trinajstić information content (AvgIpc) is 3.44. The third-order valence-electron chi connectivity index (χ3n) is 5.19. The Balaban J connectivity index is 1.34. The molecular formula is C23H20N4O2S. The number of carbonyl (C=O) groups excluding carboxylic acids is 1. The minimum atomic E-state index is -0.101. The molecule has 1 aliphatic rings. The van der Waals surface area contributed by atoms with E-state index < -0.39 is 0 Å². The standard InChI is InChI=1S/C23H20N4O2S/c28-21(25-16-5-3-4-15(14-16)22-24-12-13-30-22)11-10-20-26-19-7-2-1-6-18(19)23(29)27(20)17-8-9-17/h1-7,12-14,17H,8-11H2,(H,25,28). The maximum Gasteiger partial charge on any atom is 0.261 e. The monoisotopic (exact) mass is 416 g/mol. The number of thiazole rings is 1. The van der Waals surface area contributed by atoms with Crippen LogP contribution >= 0.6 is 11.3 Å². The van der Waals surface area contributed by atoms with Crippen LogP contribution in [0.4, 0.5) is 5.69 Å². The summed E-state index contributed by atoms with van der Waals surface area (Å²) < 4.78 is 1.79. The van der Waals surface area contributed by atoms with Crippen molar-refractivity contribution in [2.24, 2.45) is 0 Å². The van der Waals surface area contributed by atoms with E-state index in [1.54, 1.807) is 22.1 Å². The lowest BCUT2D eigenvalue weighted by Gasteiger charge is -2.13. The van der Waals surface area contributed by atoms with E-state index in [0.29, 0.717) is 23.1 Å². The molecule has 1 amide bonds. The van der Waals surface area contributed by atoms with Crippen molar-refractivity contribution in [2.45, 2.75) is 31.7 Å². The zero-order valence-electron chi connectivity index (χ0n) is 16.2. The molecular weight excluding hydrogens is 396 g/mol. The smallest absolute Gasteiger partial charge is 0.261 e. The molecule has 30 heavy (non-hydrogen) atoms. The summed E-state index contributed by atoms with van der Waals surface area (Å²) in [6.07, 6.45) is 4.43. The third kappa shape index (κ3) is 3.76. The lowest BCUT2D eigenvalue weighted by molar-refractivity contribution is -0.116. The summed E-state index contributed by atoms with van der Waals surface area (Å²) in [6, 6.07) is 15.3. The van der Waals surface area contributed by atoms with E-state index in [-0.39, 0.29) is 23.9 Å². The van der Waals surface area contributed by atoms with Gasteiger partial charge in [0.25, 0.3) is 5.56 Å². The topological polar surface area (TPSA) is 76.9 Å². The van der Waals surface area contributed by atoms with Crippen LogP contribution in [0.25, 0.3) is 21.5 Å². The zero-order valence-corrected chi connectivity index (χ0v) is 17.1. The van der Waals surface area contributed by atoms with E-state index in [4.69, 9.17) is 4.98 Å². The SMILES string of the molecule is O=C(CCc1nc2ccccc2c(=O)n1C1CC1)Nc1cccc(-c2nccs2)c1. The number of carbonyl (C=O) groups is 1. The van der Waals surface area contributed by atoms with Gasteiger partial charge in [-0.2, -0.15) is 0 Å². The van der Waals surface area contributed by atoms with Gasteiger partial charge in [-0.05, 0) is 37.1 Å². The van der Waals surface area contributed by atoms with E-state index in [2.05, 4.69) is 10.3 Å². The number of para-hydroxylation sites is 1. The average molecular weight is 417 g/mol. The molecule has 0 unspecified atom stereocenters. The number of hydrogen-bond donors (Lipinski definition) is 1. The molecule has 0 saturated heterocycles. The van der Waals surface area contributed by atoms with Gasteiger partial charge in [-0.15, -0.1) is 11.3 Å². The Morgan fingerprint density at radius 3 is 2.83 bits per heavy atom. The Labute approximate surface area is 177 Å². The molecule has 4 aromatic rings. The van der Waals surface area contributed by atoms with Crippen molar-refractivity contribution in [1.29, 1.82) is 0 Å². The number of hydrogen-bond acceptors (Lipinski definition) is 5. The molecule has 1 N–H and O–H groups in total. The van der Waals surface area contributed by atoms with Crippen LogP contribution in [0.15, 0.2) is 64.9 Å². The number of rotatable bonds is 6. The molecule has 0 atom stereocenters. The van der Waals surface area contributed by atoms with Crippen LogP contribution in [-0.2, 0) is 11.2 Å². The Morgan fingerprint density at radius 2 is 2.03 bits per heavy atom. The number of benzene rings is 2. The summed E-state index contributed by atoms with van der Waals surface area (Å²) in [5, 5.41) is 6.43. The first-order valence-corrected chi connectivity index (χ1v) is 10.9. The Hall–Kier alpha value is -3.32. The molecule has 1 saturated carbocycles. The van der Waals surface area contributed by atoms with Crippen molar-refractivity contribution in [3.05, 3.63) is 76.3 Å². The maximum absolute atomic E-state index is 12.9. The second-order valence-electron chi connectivity index (χ2n) is 7.42. The molecule has 0 aliphatic heterocycles. The summed E-state index contributed by atoms with van der Waals surface area (Å²) in [6.45, 7) is 0. The number of nitrogens with zero attached hydrogens (tertiary/aromatic N) is 3. The minimum absolute atomic E-state index is 0.00495. The third-order valence-corrected chi connectivity index (χ3v) is 6.02. The van der Waals surface area contributed by atoms with Gasteiger partial charge < -0.3 is 5.32 Å². The first kappa shape index (κ1) is 18.7. The van der Waals surface area contributed by atoms with Crippen LogP contribution < -0.4 is 10.9 Å². The number of fused-ring (bicyclic) bond motifs is 1. The molecule has 0 bridgehead atoms. The van der Waals surface area contributed by atoms with Crippen LogP contribution in [0.5, 0.6) is 0 Å². The number of anilines is 1. The quantitative estimate of drug-likeness (QED) is 0.505. The molecule has 150 valence electrons. The number of aromatic nitrogens is 3. The van der Waals surface area contributed by atoms with Crippen molar-refractivity contribution in [3.63, 3.8) is 0 Å². The first-order valence-electron chi connectivity index (χ1n) is 9.99. The highest BCUT2D eigenvalue weighted by Crippen LogP contribution is 2.35. The van der Waals surface area contributed by atoms with Crippen molar-refractivity contribution >= 4 is 33.8 Å². The van der Waals surface area contributed by atoms with Crippen LogP contribution in [0.3, 0.4) is 0 Å². The fraction of sp³-hybridized carbons (Fsp3) is 0.217. The van der Waals surface area contributed by atoms with Gasteiger partial charge in [-0.25, -0.2) is 9.97 Å².